The van der Waals surface area contributed by atoms with Gasteiger partial charge < -0.3 is 9.47 Å². The first-order valence-electron chi connectivity index (χ1n) is 13.9. The van der Waals surface area contributed by atoms with Gasteiger partial charge in [-0.15, -0.1) is 0 Å². The number of non-ortho nitro benzene ring substituents is 1. The van der Waals surface area contributed by atoms with Crippen LogP contribution in [0.25, 0.3) is 17.2 Å². The molecule has 48 heavy (non-hydrogen) atoms. The molecule has 1 amide bonds. The SMILES string of the molecule is COc1cc(/C=C2/SC(=S)N(c3cccc([N+](=O)[O-])c3)C2=O)ccc1Oc1nc2c(c(=O)n(C)c(=O)n2C)n1Cc1ccc(Cl)cc1Cl. The summed E-state index contributed by atoms with van der Waals surface area (Å²) in [6, 6.07) is 15.5. The first-order valence-corrected chi connectivity index (χ1v) is 15.8. The van der Waals surface area contributed by atoms with Crippen LogP contribution in [0.15, 0.2) is 75.2 Å². The molecule has 0 atom stereocenters. The number of anilines is 1. The van der Waals surface area contributed by atoms with Gasteiger partial charge in [0.05, 0.1) is 29.2 Å². The second-order valence-electron chi connectivity index (χ2n) is 10.4. The maximum Gasteiger partial charge on any atom is 0.332 e. The first kappa shape index (κ1) is 33.0. The van der Waals surface area contributed by atoms with Crippen molar-refractivity contribution in [1.29, 1.82) is 0 Å². The third-order valence-corrected chi connectivity index (χ3v) is 9.32. The minimum absolute atomic E-state index is 0.0156. The van der Waals surface area contributed by atoms with Crippen molar-refractivity contribution in [1.82, 2.24) is 18.7 Å². The van der Waals surface area contributed by atoms with Gasteiger partial charge in [0, 0.05) is 36.3 Å². The number of thioether (sulfide) groups is 1. The van der Waals surface area contributed by atoms with E-state index in [1.165, 1.54) is 53.4 Å². The number of methoxy groups -OCH3 is 1. The number of amides is 1. The van der Waals surface area contributed by atoms with Crippen LogP contribution in [0.1, 0.15) is 11.1 Å². The number of nitrogens with zero attached hydrogens (tertiary/aromatic N) is 6. The zero-order chi connectivity index (χ0) is 34.4. The molecule has 244 valence electrons. The molecule has 2 aromatic heterocycles. The van der Waals surface area contributed by atoms with Crippen molar-refractivity contribution in [2.75, 3.05) is 12.0 Å². The number of nitro groups is 1. The van der Waals surface area contributed by atoms with Crippen LogP contribution in [-0.2, 0) is 25.4 Å². The van der Waals surface area contributed by atoms with Crippen LogP contribution in [-0.4, -0.2) is 40.9 Å². The van der Waals surface area contributed by atoms with E-state index in [1.807, 2.05) is 0 Å². The van der Waals surface area contributed by atoms with E-state index < -0.39 is 22.1 Å². The average Bonchev–Trinajstić information content (AvgIpc) is 3.55. The summed E-state index contributed by atoms with van der Waals surface area (Å²) in [4.78, 5) is 56.1. The number of carbonyl (C=O) groups is 1. The maximum absolute atomic E-state index is 13.3. The van der Waals surface area contributed by atoms with Crippen molar-refractivity contribution in [2.45, 2.75) is 6.54 Å². The molecule has 0 spiro atoms. The Morgan fingerprint density at radius 1 is 1.02 bits per heavy atom. The van der Waals surface area contributed by atoms with Gasteiger partial charge in [-0.05, 0) is 47.5 Å². The van der Waals surface area contributed by atoms with Crippen LogP contribution in [0.5, 0.6) is 17.5 Å². The van der Waals surface area contributed by atoms with Crippen molar-refractivity contribution in [3.05, 3.63) is 118 Å². The number of nitro benzene ring substituents is 1. The second kappa shape index (κ2) is 12.9. The maximum atomic E-state index is 13.3. The predicted molar refractivity (Wildman–Crippen MR) is 188 cm³/mol. The van der Waals surface area contributed by atoms with Crippen LogP contribution in [0.2, 0.25) is 10.0 Å². The molecular weight excluding hydrogens is 703 g/mol. The molecule has 13 nitrogen and oxygen atoms in total. The third-order valence-electron chi connectivity index (χ3n) is 7.44. The fraction of sp³-hybridized carbons (Fsp3) is 0.129. The number of thiocarbonyl (C=S) groups is 1. The van der Waals surface area contributed by atoms with Crippen molar-refractivity contribution in [3.8, 4) is 17.5 Å². The van der Waals surface area contributed by atoms with Gasteiger partial charge >= 0.3 is 11.7 Å². The van der Waals surface area contributed by atoms with Crippen LogP contribution in [0.3, 0.4) is 0 Å². The molecule has 6 rings (SSSR count). The molecule has 0 unspecified atom stereocenters. The smallest absolute Gasteiger partial charge is 0.332 e. The monoisotopic (exact) mass is 724 g/mol. The summed E-state index contributed by atoms with van der Waals surface area (Å²) < 4.78 is 15.8. The topological polar surface area (TPSA) is 144 Å². The standard InChI is InChI=1S/C31H22Cl2N6O7S2/c1-35-26-25(28(41)36(2)30(35)42)37(15-17-8-9-18(32)13-21(17)33)29(34-26)46-22-10-7-16(11-23(22)45-3)12-24-27(40)38(31(47)48-24)19-5-4-6-20(14-19)39(43)44/h4-14H,15H2,1-3H3/b24-12+. The van der Waals surface area contributed by atoms with E-state index in [0.29, 0.717) is 26.1 Å². The Morgan fingerprint density at radius 3 is 2.50 bits per heavy atom. The Balaban J connectivity index is 1.37. The Kier molecular flexibility index (Phi) is 8.87. The third kappa shape index (κ3) is 5.96. The zero-order valence-corrected chi connectivity index (χ0v) is 28.3. The van der Waals surface area contributed by atoms with E-state index in [4.69, 9.17) is 44.9 Å². The summed E-state index contributed by atoms with van der Waals surface area (Å²) in [5.41, 5.74) is 0.370. The second-order valence-corrected chi connectivity index (χ2v) is 12.9. The highest BCUT2D eigenvalue weighted by atomic mass is 35.5. The van der Waals surface area contributed by atoms with Crippen molar-refractivity contribution in [3.63, 3.8) is 0 Å². The lowest BCUT2D eigenvalue weighted by molar-refractivity contribution is -0.384. The minimum atomic E-state index is -0.578. The highest BCUT2D eigenvalue weighted by molar-refractivity contribution is 8.27. The van der Waals surface area contributed by atoms with E-state index >= 15 is 0 Å². The van der Waals surface area contributed by atoms with Crippen LogP contribution in [0.4, 0.5) is 11.4 Å². The minimum Gasteiger partial charge on any atom is -0.493 e. The van der Waals surface area contributed by atoms with Crippen LogP contribution in [0, 0.1) is 10.1 Å². The lowest BCUT2D eigenvalue weighted by Crippen LogP contribution is -2.37. The molecule has 3 heterocycles. The molecule has 0 aliphatic carbocycles. The number of ether oxygens (including phenoxy) is 2. The summed E-state index contributed by atoms with van der Waals surface area (Å²) in [7, 11) is 4.30. The highest BCUT2D eigenvalue weighted by Crippen LogP contribution is 2.39. The number of benzene rings is 3. The fourth-order valence-corrected chi connectivity index (χ4v) is 6.78. The first-order chi connectivity index (χ1) is 22.9. The van der Waals surface area contributed by atoms with Gasteiger partial charge in [0.1, 0.15) is 0 Å². The normalized spacial score (nSPS) is 13.9. The molecule has 3 aromatic carbocycles. The number of halogens is 2. The Hall–Kier alpha value is -4.96. The number of hydrogen-bond acceptors (Lipinski definition) is 10. The van der Waals surface area contributed by atoms with Gasteiger partial charge in [-0.3, -0.25) is 38.3 Å². The van der Waals surface area contributed by atoms with Crippen molar-refractivity contribution >= 4 is 86.0 Å². The van der Waals surface area contributed by atoms with E-state index in [2.05, 4.69) is 4.98 Å². The molecule has 0 bridgehead atoms. The summed E-state index contributed by atoms with van der Waals surface area (Å²) >= 11 is 19.0. The van der Waals surface area contributed by atoms with Gasteiger partial charge in [-0.1, -0.05) is 65.4 Å². The predicted octanol–water partition coefficient (Wildman–Crippen LogP) is 5.90. The lowest BCUT2D eigenvalue weighted by atomic mass is 10.1. The van der Waals surface area contributed by atoms with Gasteiger partial charge in [0.25, 0.3) is 17.2 Å². The zero-order valence-electron chi connectivity index (χ0n) is 25.2. The summed E-state index contributed by atoms with van der Waals surface area (Å²) in [6.45, 7) is 0.0576. The molecule has 0 radical (unpaired) electrons. The van der Waals surface area contributed by atoms with Crippen LogP contribution < -0.4 is 25.6 Å². The van der Waals surface area contributed by atoms with Gasteiger partial charge in [-0.2, -0.15) is 4.98 Å². The number of aryl methyl sites for hydroxylation is 1. The number of fused-ring (bicyclic) bond motifs is 1. The fourth-order valence-electron chi connectivity index (χ4n) is 5.02. The molecule has 1 saturated heterocycles. The number of carbonyl (C=O) groups excluding carboxylic acids is 1. The Labute approximate surface area is 290 Å². The average molecular weight is 726 g/mol. The van der Waals surface area contributed by atoms with Gasteiger partial charge in [0.15, 0.2) is 27.0 Å². The summed E-state index contributed by atoms with van der Waals surface area (Å²) in [6.07, 6.45) is 1.61. The van der Waals surface area contributed by atoms with Gasteiger partial charge in [-0.25, -0.2) is 4.79 Å². The van der Waals surface area contributed by atoms with E-state index in [9.17, 15) is 24.5 Å². The van der Waals surface area contributed by atoms with E-state index in [0.717, 1.165) is 16.3 Å². The number of hydrogen-bond donors (Lipinski definition) is 0. The molecule has 1 fully saturated rings. The molecule has 5 aromatic rings. The number of aromatic nitrogens is 4. The molecule has 1 aliphatic heterocycles. The molecule has 0 saturated carbocycles. The highest BCUT2D eigenvalue weighted by Gasteiger charge is 2.34. The Bertz CT molecular complexity index is 2350. The summed E-state index contributed by atoms with van der Waals surface area (Å²) in [5, 5.41) is 12.0. The van der Waals surface area contributed by atoms with Crippen molar-refractivity contribution < 1.29 is 19.2 Å². The molecule has 0 N–H and O–H groups in total. The molecular formula is C31H22Cl2N6O7S2. The van der Waals surface area contributed by atoms with E-state index in [-0.39, 0.29) is 50.9 Å². The number of imidazole rings is 1. The Morgan fingerprint density at radius 2 is 1.79 bits per heavy atom. The molecule has 17 heteroatoms. The summed E-state index contributed by atoms with van der Waals surface area (Å²) in [5.74, 6) is 0.0498. The van der Waals surface area contributed by atoms with Crippen LogP contribution >= 0.6 is 47.2 Å². The number of rotatable bonds is 8. The van der Waals surface area contributed by atoms with Gasteiger partial charge in [0.2, 0.25) is 0 Å². The quantitative estimate of drug-likeness (QED) is 0.0821. The van der Waals surface area contributed by atoms with E-state index in [1.54, 1.807) is 48.5 Å². The largest absolute Gasteiger partial charge is 0.493 e. The molecule has 1 aliphatic rings. The van der Waals surface area contributed by atoms with Crippen molar-refractivity contribution in [2.24, 2.45) is 14.1 Å². The lowest BCUT2D eigenvalue weighted by Gasteiger charge is -2.14.